The van der Waals surface area contributed by atoms with Crippen LogP contribution in [0.2, 0.25) is 0 Å². The van der Waals surface area contributed by atoms with Crippen LogP contribution >= 0.6 is 23.5 Å². The molecule has 18 nitrogen and oxygen atoms in total. The van der Waals surface area contributed by atoms with Crippen LogP contribution < -0.4 is 5.56 Å². The lowest BCUT2D eigenvalue weighted by molar-refractivity contribution is -0.139. The van der Waals surface area contributed by atoms with Gasteiger partial charge in [0.25, 0.3) is 5.56 Å². The second-order valence-electron chi connectivity index (χ2n) is 5.28. The smallest absolute Gasteiger partial charge is 0.338 e. The van der Waals surface area contributed by atoms with Gasteiger partial charge in [-0.2, -0.15) is 8.62 Å². The van der Waals surface area contributed by atoms with Gasteiger partial charge in [-0.3, -0.25) is 18.7 Å². The van der Waals surface area contributed by atoms with Gasteiger partial charge in [0.15, 0.2) is 30.0 Å². The molecule has 21 heteroatoms. The van der Waals surface area contributed by atoms with E-state index in [1.807, 2.05) is 0 Å². The highest BCUT2D eigenvalue weighted by Crippen LogP contribution is 2.66. The summed E-state index contributed by atoms with van der Waals surface area (Å²) in [5, 5.41) is 0. The molecule has 0 aromatic carbocycles. The summed E-state index contributed by atoms with van der Waals surface area (Å²) >= 11 is 0. The second kappa shape index (κ2) is 9.68. The molecule has 2 unspecified atom stereocenters. The Morgan fingerprint density at radius 1 is 1.06 bits per heavy atom. The van der Waals surface area contributed by atoms with E-state index in [-0.39, 0.29) is 23.7 Å². The van der Waals surface area contributed by atoms with Gasteiger partial charge >= 0.3 is 23.5 Å². The number of H-pyrrole nitrogens is 1. The molecule has 0 aliphatic carbocycles. The Bertz CT molecular complexity index is 1150. The SMILES string of the molecule is O=C[C@@H](COP(=O)(O)OP(=O)(O)OP(=O)(O)O)O[C@H](C=O)n1cnc2c(=O)[nH]cnc21. The molecule has 2 aromatic rings. The largest absolute Gasteiger partial charge is 0.490 e. The number of aldehydes is 2. The van der Waals surface area contributed by atoms with E-state index >= 15 is 0 Å². The summed E-state index contributed by atoms with van der Waals surface area (Å²) in [5.74, 6) is 0. The van der Waals surface area contributed by atoms with E-state index in [0.29, 0.717) is 0 Å². The van der Waals surface area contributed by atoms with Crippen molar-refractivity contribution in [2.45, 2.75) is 12.3 Å². The summed E-state index contributed by atoms with van der Waals surface area (Å²) in [7, 11) is -16.8. The average Bonchev–Trinajstić information content (AvgIpc) is 3.04. The third-order valence-electron chi connectivity index (χ3n) is 3.04. The minimum atomic E-state index is -5.75. The molecule has 0 aliphatic rings. The molecule has 0 saturated heterocycles. The first-order valence-corrected chi connectivity index (χ1v) is 12.0. The van der Waals surface area contributed by atoms with E-state index < -0.39 is 48.0 Å². The van der Waals surface area contributed by atoms with Crippen molar-refractivity contribution in [2.24, 2.45) is 0 Å². The number of carbonyl (C=O) groups excluding carboxylic acids is 2. The first kappa shape index (κ1) is 25.3. The van der Waals surface area contributed by atoms with Crippen LogP contribution in [0.5, 0.6) is 0 Å². The van der Waals surface area contributed by atoms with E-state index in [1.165, 1.54) is 0 Å². The van der Waals surface area contributed by atoms with Gasteiger partial charge in [0, 0.05) is 0 Å². The first-order chi connectivity index (χ1) is 14.3. The molecule has 0 bridgehead atoms. The number of phosphoric ester groups is 1. The number of imidazole rings is 1. The molecule has 5 N–H and O–H groups in total. The summed E-state index contributed by atoms with van der Waals surface area (Å²) < 4.78 is 50.8. The highest BCUT2D eigenvalue weighted by atomic mass is 31.3. The second-order valence-corrected chi connectivity index (χ2v) is 9.70. The van der Waals surface area contributed by atoms with E-state index in [4.69, 9.17) is 19.4 Å². The lowest BCUT2D eigenvalue weighted by Crippen LogP contribution is -2.27. The van der Waals surface area contributed by atoms with Crippen molar-refractivity contribution in [3.63, 3.8) is 0 Å². The zero-order valence-corrected chi connectivity index (χ0v) is 17.4. The fourth-order valence-corrected chi connectivity index (χ4v) is 5.00. The van der Waals surface area contributed by atoms with Gasteiger partial charge in [-0.15, -0.1) is 0 Å². The standard InChI is InChI=1S/C10H13N4O14P3/c15-1-6(3-25-30(21,22)28-31(23,24)27-29(18,19)20)26-7(2-16)14-5-13-8-9(14)11-4-12-10(8)17/h1-2,4-7H,3H2,(H,21,22)(H,23,24)(H,11,12,17)(H2,18,19,20)/t6-,7+/m0/s1. The lowest BCUT2D eigenvalue weighted by Gasteiger charge is -2.20. The number of hydrogen-bond donors (Lipinski definition) is 5. The molecule has 2 rings (SSSR count). The minimum absolute atomic E-state index is 0.0283. The highest BCUT2D eigenvalue weighted by molar-refractivity contribution is 7.66. The third-order valence-corrected chi connectivity index (χ3v) is 6.84. The van der Waals surface area contributed by atoms with Crippen LogP contribution in [-0.2, 0) is 41.2 Å². The van der Waals surface area contributed by atoms with Crippen LogP contribution in [0.4, 0.5) is 0 Å². The fraction of sp³-hybridized carbons (Fsp3) is 0.300. The number of fused-ring (bicyclic) bond motifs is 1. The molecule has 172 valence electrons. The molecular formula is C10H13N4O14P3. The molecule has 31 heavy (non-hydrogen) atoms. The molecule has 0 aliphatic heterocycles. The number of rotatable bonds is 12. The normalized spacial score (nSPS) is 18.1. The molecule has 0 fully saturated rings. The first-order valence-electron chi connectivity index (χ1n) is 7.51. The molecule has 4 atom stereocenters. The van der Waals surface area contributed by atoms with Crippen molar-refractivity contribution >= 4 is 47.2 Å². The van der Waals surface area contributed by atoms with Gasteiger partial charge in [-0.25, -0.2) is 23.7 Å². The summed E-state index contributed by atoms with van der Waals surface area (Å²) in [5.41, 5.74) is -0.889. The maximum atomic E-state index is 11.7. The Labute approximate surface area is 170 Å². The number of aromatic amines is 1. The molecule has 0 saturated carbocycles. The van der Waals surface area contributed by atoms with Gasteiger partial charge in [0.2, 0.25) is 0 Å². The minimum Gasteiger partial charge on any atom is -0.338 e. The molecule has 2 heterocycles. The van der Waals surface area contributed by atoms with E-state index in [2.05, 4.69) is 28.1 Å². The van der Waals surface area contributed by atoms with Crippen LogP contribution in [0.3, 0.4) is 0 Å². The molecule has 2 aromatic heterocycles. The predicted octanol–water partition coefficient (Wildman–Crippen LogP) is -1.26. The summed E-state index contributed by atoms with van der Waals surface area (Å²) in [6.07, 6.45) is -1.15. The Kier molecular flexibility index (Phi) is 7.91. The fourth-order valence-electron chi connectivity index (χ4n) is 1.97. The molecule has 0 amide bonds. The quantitative estimate of drug-likeness (QED) is 0.166. The Hall–Kier alpha value is -1.94. The zero-order valence-electron chi connectivity index (χ0n) is 14.7. The lowest BCUT2D eigenvalue weighted by atomic mass is 10.4. The van der Waals surface area contributed by atoms with Gasteiger partial charge in [0.1, 0.15) is 6.10 Å². The third kappa shape index (κ3) is 7.31. The van der Waals surface area contributed by atoms with Gasteiger partial charge in [-0.1, -0.05) is 0 Å². The number of ether oxygens (including phenoxy) is 1. The number of nitrogens with one attached hydrogen (secondary N) is 1. The monoisotopic (exact) mass is 506 g/mol. The molecule has 0 radical (unpaired) electrons. The Morgan fingerprint density at radius 2 is 1.74 bits per heavy atom. The highest BCUT2D eigenvalue weighted by Gasteiger charge is 2.41. The maximum Gasteiger partial charge on any atom is 0.490 e. The topological polar surface area (TPSA) is 267 Å². The zero-order chi connectivity index (χ0) is 23.4. The summed E-state index contributed by atoms with van der Waals surface area (Å²) in [4.78, 5) is 79.3. The Morgan fingerprint density at radius 3 is 2.32 bits per heavy atom. The van der Waals surface area contributed by atoms with Crippen molar-refractivity contribution < 1.29 is 60.7 Å². The van der Waals surface area contributed by atoms with Gasteiger partial charge in [-0.05, 0) is 0 Å². The van der Waals surface area contributed by atoms with Crippen molar-refractivity contribution in [1.82, 2.24) is 19.5 Å². The van der Waals surface area contributed by atoms with E-state index in [0.717, 1.165) is 17.2 Å². The van der Waals surface area contributed by atoms with Gasteiger partial charge < -0.3 is 34.1 Å². The van der Waals surface area contributed by atoms with Crippen LogP contribution in [0.25, 0.3) is 11.2 Å². The number of phosphoric acid groups is 3. The molecular weight excluding hydrogens is 493 g/mol. The number of aromatic nitrogens is 4. The number of nitrogens with zero attached hydrogens (tertiary/aromatic N) is 3. The van der Waals surface area contributed by atoms with Crippen LogP contribution in [0.1, 0.15) is 6.23 Å². The average molecular weight is 506 g/mol. The summed E-state index contributed by atoms with van der Waals surface area (Å²) in [6, 6.07) is 0. The maximum absolute atomic E-state index is 11.7. The summed E-state index contributed by atoms with van der Waals surface area (Å²) in [6.45, 7) is -1.13. The molecule has 0 spiro atoms. The van der Waals surface area contributed by atoms with Crippen LogP contribution in [0, 0.1) is 0 Å². The van der Waals surface area contributed by atoms with Crippen molar-refractivity contribution in [2.75, 3.05) is 6.61 Å². The van der Waals surface area contributed by atoms with Crippen LogP contribution in [-0.4, -0.2) is 64.4 Å². The van der Waals surface area contributed by atoms with E-state index in [1.54, 1.807) is 0 Å². The predicted molar refractivity (Wildman–Crippen MR) is 94.0 cm³/mol. The van der Waals surface area contributed by atoms with Crippen LogP contribution in [0.15, 0.2) is 17.4 Å². The van der Waals surface area contributed by atoms with Crippen molar-refractivity contribution in [3.05, 3.63) is 23.0 Å². The Balaban J connectivity index is 2.09. The van der Waals surface area contributed by atoms with E-state index in [9.17, 15) is 33.0 Å². The number of carbonyl (C=O) groups is 2. The van der Waals surface area contributed by atoms with Crippen molar-refractivity contribution in [1.29, 1.82) is 0 Å². The van der Waals surface area contributed by atoms with Crippen molar-refractivity contribution in [3.8, 4) is 0 Å². The van der Waals surface area contributed by atoms with Gasteiger partial charge in [0.05, 0.1) is 19.3 Å². The number of hydrogen-bond acceptors (Lipinski definition) is 12.